The third kappa shape index (κ3) is 1.97. The van der Waals surface area contributed by atoms with Crippen LogP contribution in [0, 0.1) is 17.7 Å². The van der Waals surface area contributed by atoms with E-state index in [4.69, 9.17) is 0 Å². The summed E-state index contributed by atoms with van der Waals surface area (Å²) in [5.74, 6) is -1.50. The second-order valence-corrected chi connectivity index (χ2v) is 4.98. The summed E-state index contributed by atoms with van der Waals surface area (Å²) in [5, 5.41) is 1.02. The van der Waals surface area contributed by atoms with Gasteiger partial charge in [0.05, 0.1) is 13.0 Å². The van der Waals surface area contributed by atoms with Crippen LogP contribution in [0.4, 0.5) is 4.39 Å². The molecule has 1 saturated carbocycles. The van der Waals surface area contributed by atoms with Crippen LogP contribution < -0.4 is 0 Å². The summed E-state index contributed by atoms with van der Waals surface area (Å²) in [6, 6.07) is 9.66. The van der Waals surface area contributed by atoms with E-state index in [2.05, 4.69) is 4.74 Å². The number of hydrogen-bond donors (Lipinski definition) is 0. The zero-order valence-corrected chi connectivity index (χ0v) is 10.9. The van der Waals surface area contributed by atoms with Gasteiger partial charge in [-0.1, -0.05) is 24.3 Å². The summed E-state index contributed by atoms with van der Waals surface area (Å²) in [7, 11) is 1.31. The van der Waals surface area contributed by atoms with Gasteiger partial charge in [-0.15, -0.1) is 0 Å². The van der Waals surface area contributed by atoms with Crippen molar-refractivity contribution < 1.29 is 18.7 Å². The van der Waals surface area contributed by atoms with Gasteiger partial charge in [0.1, 0.15) is 5.82 Å². The van der Waals surface area contributed by atoms with Crippen LogP contribution in [0.5, 0.6) is 0 Å². The first-order chi connectivity index (χ1) is 9.63. The molecule has 0 aliphatic heterocycles. The zero-order valence-electron chi connectivity index (χ0n) is 10.9. The minimum absolute atomic E-state index is 0.114. The molecule has 2 aromatic carbocycles. The van der Waals surface area contributed by atoms with Gasteiger partial charge >= 0.3 is 5.97 Å². The topological polar surface area (TPSA) is 43.4 Å². The second-order valence-electron chi connectivity index (χ2n) is 4.98. The molecule has 2 atom stereocenters. The molecule has 0 spiro atoms. The molecule has 0 aromatic heterocycles. The van der Waals surface area contributed by atoms with E-state index >= 15 is 0 Å². The molecular formula is C16H13FO3. The van der Waals surface area contributed by atoms with Gasteiger partial charge in [0, 0.05) is 16.9 Å². The second kappa shape index (κ2) is 4.71. The standard InChI is InChI=1S/C16H13FO3/c1-20-16(19)13-8-12(13)15(18)11-6-7-14(17)10-5-3-2-4-9(10)11/h2-7,12-13H,8H2,1H3/t12-,13+/m1/s1. The maximum atomic E-state index is 13.7. The van der Waals surface area contributed by atoms with Crippen molar-refractivity contribution >= 4 is 22.5 Å². The number of fused-ring (bicyclic) bond motifs is 1. The van der Waals surface area contributed by atoms with Gasteiger partial charge in [0.2, 0.25) is 0 Å². The number of hydrogen-bond acceptors (Lipinski definition) is 3. The summed E-state index contributed by atoms with van der Waals surface area (Å²) < 4.78 is 18.4. The molecule has 0 unspecified atom stereocenters. The smallest absolute Gasteiger partial charge is 0.309 e. The van der Waals surface area contributed by atoms with Crippen molar-refractivity contribution in [1.29, 1.82) is 0 Å². The summed E-state index contributed by atoms with van der Waals surface area (Å²) in [6.07, 6.45) is 0.511. The molecule has 2 aromatic rings. The molecule has 3 nitrogen and oxygen atoms in total. The molecule has 0 amide bonds. The Morgan fingerprint density at radius 2 is 1.80 bits per heavy atom. The predicted molar refractivity (Wildman–Crippen MR) is 71.8 cm³/mol. The van der Waals surface area contributed by atoms with Crippen molar-refractivity contribution in [1.82, 2.24) is 0 Å². The van der Waals surface area contributed by atoms with Gasteiger partial charge in [-0.25, -0.2) is 4.39 Å². The Morgan fingerprint density at radius 1 is 1.10 bits per heavy atom. The molecule has 102 valence electrons. The first-order valence-electron chi connectivity index (χ1n) is 6.42. The number of carbonyl (C=O) groups excluding carboxylic acids is 2. The van der Waals surface area contributed by atoms with Gasteiger partial charge in [-0.2, -0.15) is 0 Å². The van der Waals surface area contributed by atoms with Crippen LogP contribution >= 0.6 is 0 Å². The average Bonchev–Trinajstić information content (AvgIpc) is 3.27. The van der Waals surface area contributed by atoms with Crippen molar-refractivity contribution in [3.8, 4) is 0 Å². The van der Waals surface area contributed by atoms with Crippen LogP contribution in [0.2, 0.25) is 0 Å². The highest BCUT2D eigenvalue weighted by Crippen LogP contribution is 2.42. The third-order valence-electron chi connectivity index (χ3n) is 3.77. The number of rotatable bonds is 3. The lowest BCUT2D eigenvalue weighted by molar-refractivity contribution is -0.142. The Hall–Kier alpha value is -2.23. The minimum atomic E-state index is -0.352. The quantitative estimate of drug-likeness (QED) is 0.637. The molecular weight excluding hydrogens is 259 g/mol. The minimum Gasteiger partial charge on any atom is -0.469 e. The van der Waals surface area contributed by atoms with Gasteiger partial charge in [0.25, 0.3) is 0 Å². The van der Waals surface area contributed by atoms with E-state index in [9.17, 15) is 14.0 Å². The number of methoxy groups -OCH3 is 1. The summed E-state index contributed by atoms with van der Waals surface area (Å²) in [5.41, 5.74) is 0.471. The molecule has 1 aliphatic carbocycles. The molecule has 0 bridgehead atoms. The van der Waals surface area contributed by atoms with Crippen LogP contribution in [-0.4, -0.2) is 18.9 Å². The maximum Gasteiger partial charge on any atom is 0.309 e. The Kier molecular flexibility index (Phi) is 3.01. The van der Waals surface area contributed by atoms with Gasteiger partial charge in [-0.3, -0.25) is 9.59 Å². The van der Waals surface area contributed by atoms with E-state index in [1.165, 1.54) is 19.2 Å². The van der Waals surface area contributed by atoms with Crippen molar-refractivity contribution in [3.63, 3.8) is 0 Å². The number of halogens is 1. The maximum absolute atomic E-state index is 13.7. The van der Waals surface area contributed by atoms with E-state index in [1.54, 1.807) is 24.3 Å². The highest BCUT2D eigenvalue weighted by atomic mass is 19.1. The summed E-state index contributed by atoms with van der Waals surface area (Å²) >= 11 is 0. The summed E-state index contributed by atoms with van der Waals surface area (Å²) in [6.45, 7) is 0. The number of benzene rings is 2. The number of ether oxygens (including phenoxy) is 1. The largest absolute Gasteiger partial charge is 0.469 e. The van der Waals surface area contributed by atoms with Gasteiger partial charge < -0.3 is 4.74 Å². The average molecular weight is 272 g/mol. The molecule has 0 radical (unpaired) electrons. The van der Waals surface area contributed by atoms with Crippen LogP contribution in [-0.2, 0) is 9.53 Å². The highest BCUT2D eigenvalue weighted by Gasteiger charge is 2.49. The van der Waals surface area contributed by atoms with Crippen LogP contribution in [0.3, 0.4) is 0 Å². The van der Waals surface area contributed by atoms with Gasteiger partial charge in [-0.05, 0) is 23.9 Å². The van der Waals surface area contributed by atoms with Crippen LogP contribution in [0.1, 0.15) is 16.8 Å². The third-order valence-corrected chi connectivity index (χ3v) is 3.77. The highest BCUT2D eigenvalue weighted by molar-refractivity contribution is 6.11. The van der Waals surface area contributed by atoms with E-state index < -0.39 is 0 Å². The normalized spacial score (nSPS) is 20.7. The van der Waals surface area contributed by atoms with Crippen molar-refractivity contribution in [3.05, 3.63) is 47.8 Å². The Labute approximate surface area is 115 Å². The Morgan fingerprint density at radius 3 is 2.50 bits per heavy atom. The van der Waals surface area contributed by atoms with E-state index in [-0.39, 0.29) is 29.4 Å². The SMILES string of the molecule is COC(=O)[C@H]1C[C@H]1C(=O)c1ccc(F)c2ccccc12. The predicted octanol–water partition coefficient (Wildman–Crippen LogP) is 2.97. The van der Waals surface area contributed by atoms with Crippen LogP contribution in [0.15, 0.2) is 36.4 Å². The Bertz CT molecular complexity index is 708. The summed E-state index contributed by atoms with van der Waals surface area (Å²) in [4.78, 5) is 23.8. The number of ketones is 1. The fourth-order valence-electron chi connectivity index (χ4n) is 2.57. The fourth-order valence-corrected chi connectivity index (χ4v) is 2.57. The van der Waals surface area contributed by atoms with E-state index in [0.717, 1.165) is 0 Å². The van der Waals surface area contributed by atoms with Gasteiger partial charge in [0.15, 0.2) is 5.78 Å². The first-order valence-corrected chi connectivity index (χ1v) is 6.42. The first kappa shape index (κ1) is 12.8. The van der Waals surface area contributed by atoms with E-state index in [1.807, 2.05) is 0 Å². The number of Topliss-reactive ketones (excluding diaryl/α,β-unsaturated/α-hetero) is 1. The van der Waals surface area contributed by atoms with Crippen molar-refractivity contribution in [2.75, 3.05) is 7.11 Å². The molecule has 20 heavy (non-hydrogen) atoms. The fraction of sp³-hybridized carbons (Fsp3) is 0.250. The molecule has 0 heterocycles. The molecule has 4 heteroatoms. The molecule has 0 N–H and O–H groups in total. The molecule has 3 rings (SSSR count). The lowest BCUT2D eigenvalue weighted by atomic mass is 9.98. The molecule has 1 fully saturated rings. The molecule has 1 aliphatic rings. The van der Waals surface area contributed by atoms with Crippen molar-refractivity contribution in [2.24, 2.45) is 11.8 Å². The molecule has 0 saturated heterocycles. The van der Waals surface area contributed by atoms with E-state index in [0.29, 0.717) is 22.8 Å². The monoisotopic (exact) mass is 272 g/mol. The van der Waals surface area contributed by atoms with Crippen LogP contribution in [0.25, 0.3) is 10.8 Å². The lowest BCUT2D eigenvalue weighted by Gasteiger charge is -2.06. The van der Waals surface area contributed by atoms with Crippen molar-refractivity contribution in [2.45, 2.75) is 6.42 Å². The lowest BCUT2D eigenvalue weighted by Crippen LogP contribution is -2.10. The Balaban J connectivity index is 1.98. The zero-order chi connectivity index (χ0) is 14.3. The number of esters is 1. The number of carbonyl (C=O) groups is 2.